The molecule has 5 nitrogen and oxygen atoms in total. The SMILES string of the molecule is Cc1cccc(-c2c(C(=O)O)nnn2Cc2c(F)cccc2Cl)c1. The second-order valence-electron chi connectivity index (χ2n) is 5.32. The minimum Gasteiger partial charge on any atom is -0.476 e. The van der Waals surface area contributed by atoms with E-state index in [4.69, 9.17) is 11.6 Å². The minimum absolute atomic E-state index is 0.0188. The number of carboxylic acid groups (broad SMARTS) is 1. The molecule has 0 radical (unpaired) electrons. The van der Waals surface area contributed by atoms with Crippen LogP contribution in [0.15, 0.2) is 42.5 Å². The van der Waals surface area contributed by atoms with E-state index >= 15 is 0 Å². The first kappa shape index (κ1) is 16.1. The molecule has 0 spiro atoms. The number of aryl methyl sites for hydroxylation is 1. The van der Waals surface area contributed by atoms with Crippen molar-refractivity contribution >= 4 is 17.6 Å². The van der Waals surface area contributed by atoms with Gasteiger partial charge < -0.3 is 5.11 Å². The fraction of sp³-hybridized carbons (Fsp3) is 0.118. The first-order chi connectivity index (χ1) is 11.5. The van der Waals surface area contributed by atoms with Crippen LogP contribution in [0.25, 0.3) is 11.3 Å². The van der Waals surface area contributed by atoms with Crippen LogP contribution in [0, 0.1) is 12.7 Å². The summed E-state index contributed by atoms with van der Waals surface area (Å²) in [6, 6.07) is 11.7. The summed E-state index contributed by atoms with van der Waals surface area (Å²) in [5.74, 6) is -1.68. The van der Waals surface area contributed by atoms with Gasteiger partial charge in [-0.1, -0.05) is 46.6 Å². The molecule has 0 aliphatic rings. The molecule has 1 heterocycles. The van der Waals surface area contributed by atoms with Gasteiger partial charge in [-0.25, -0.2) is 13.9 Å². The molecule has 3 aromatic rings. The van der Waals surface area contributed by atoms with E-state index in [1.165, 1.54) is 16.8 Å². The number of benzene rings is 2. The lowest BCUT2D eigenvalue weighted by Gasteiger charge is -2.10. The largest absolute Gasteiger partial charge is 0.476 e. The highest BCUT2D eigenvalue weighted by Gasteiger charge is 2.22. The molecular weight excluding hydrogens is 333 g/mol. The summed E-state index contributed by atoms with van der Waals surface area (Å²) in [7, 11) is 0. The average Bonchev–Trinajstić information content (AvgIpc) is 2.95. The number of aromatic nitrogens is 3. The Morgan fingerprint density at radius 2 is 2.04 bits per heavy atom. The maximum absolute atomic E-state index is 14.0. The van der Waals surface area contributed by atoms with Crippen molar-refractivity contribution in [3.05, 3.63) is 70.1 Å². The van der Waals surface area contributed by atoms with Crippen molar-refractivity contribution < 1.29 is 14.3 Å². The van der Waals surface area contributed by atoms with Crippen molar-refractivity contribution in [2.24, 2.45) is 0 Å². The Labute approximate surface area is 142 Å². The number of hydrogen-bond acceptors (Lipinski definition) is 3. The zero-order chi connectivity index (χ0) is 17.3. The summed E-state index contributed by atoms with van der Waals surface area (Å²) in [5, 5.41) is 17.2. The van der Waals surface area contributed by atoms with Crippen molar-refractivity contribution in [1.82, 2.24) is 15.0 Å². The van der Waals surface area contributed by atoms with Gasteiger partial charge in [-0.2, -0.15) is 0 Å². The fourth-order valence-corrected chi connectivity index (χ4v) is 2.70. The molecule has 1 aromatic heterocycles. The van der Waals surface area contributed by atoms with Crippen LogP contribution in [0.3, 0.4) is 0 Å². The van der Waals surface area contributed by atoms with Crippen LogP contribution in [-0.4, -0.2) is 26.1 Å². The normalized spacial score (nSPS) is 10.8. The van der Waals surface area contributed by atoms with Gasteiger partial charge >= 0.3 is 5.97 Å². The summed E-state index contributed by atoms with van der Waals surface area (Å²) in [4.78, 5) is 11.5. The molecule has 0 aliphatic carbocycles. The van der Waals surface area contributed by atoms with Gasteiger partial charge in [0.25, 0.3) is 0 Å². The van der Waals surface area contributed by atoms with E-state index in [1.54, 1.807) is 12.1 Å². The Hall–Kier alpha value is -2.73. The summed E-state index contributed by atoms with van der Waals surface area (Å²) < 4.78 is 15.4. The van der Waals surface area contributed by atoms with Gasteiger partial charge in [-0.3, -0.25) is 0 Å². The van der Waals surface area contributed by atoms with Crippen molar-refractivity contribution in [2.45, 2.75) is 13.5 Å². The molecule has 0 atom stereocenters. The number of rotatable bonds is 4. The van der Waals surface area contributed by atoms with Gasteiger partial charge in [0.15, 0.2) is 5.69 Å². The molecule has 0 fully saturated rings. The first-order valence-electron chi connectivity index (χ1n) is 7.14. The zero-order valence-electron chi connectivity index (χ0n) is 12.7. The minimum atomic E-state index is -1.20. The Kier molecular flexibility index (Phi) is 4.31. The number of carboxylic acids is 1. The molecule has 0 unspecified atom stereocenters. The van der Waals surface area contributed by atoms with Gasteiger partial charge in [0.2, 0.25) is 0 Å². The van der Waals surface area contributed by atoms with E-state index < -0.39 is 11.8 Å². The predicted octanol–water partition coefficient (Wildman–Crippen LogP) is 3.79. The molecule has 0 bridgehead atoms. The summed E-state index contributed by atoms with van der Waals surface area (Å²) in [6.45, 7) is 1.88. The standard InChI is InChI=1S/C17H13ClFN3O2/c1-10-4-2-5-11(8-10)16-15(17(23)24)20-21-22(16)9-12-13(18)6-3-7-14(12)19/h2-8H,9H2,1H3,(H,23,24). The summed E-state index contributed by atoms with van der Waals surface area (Å²) in [5.41, 5.74) is 1.96. The van der Waals surface area contributed by atoms with Crippen molar-refractivity contribution in [1.29, 1.82) is 0 Å². The number of nitrogens with zero attached hydrogens (tertiary/aromatic N) is 3. The van der Waals surface area contributed by atoms with E-state index in [9.17, 15) is 14.3 Å². The molecule has 0 saturated heterocycles. The molecule has 1 N–H and O–H groups in total. The number of aromatic carboxylic acids is 1. The maximum atomic E-state index is 14.0. The highest BCUT2D eigenvalue weighted by molar-refractivity contribution is 6.31. The second kappa shape index (κ2) is 6.41. The summed E-state index contributed by atoms with van der Waals surface area (Å²) in [6.07, 6.45) is 0. The highest BCUT2D eigenvalue weighted by Crippen LogP contribution is 2.26. The van der Waals surface area contributed by atoms with Crippen LogP contribution in [0.2, 0.25) is 5.02 Å². The Bertz CT molecular complexity index is 904. The van der Waals surface area contributed by atoms with Gasteiger partial charge in [-0.05, 0) is 25.1 Å². The molecular formula is C17H13ClFN3O2. The van der Waals surface area contributed by atoms with Crippen molar-refractivity contribution in [3.8, 4) is 11.3 Å². The average molecular weight is 346 g/mol. The smallest absolute Gasteiger partial charge is 0.358 e. The van der Waals surface area contributed by atoms with Crippen molar-refractivity contribution in [2.75, 3.05) is 0 Å². The monoisotopic (exact) mass is 345 g/mol. The molecule has 0 saturated carbocycles. The number of carbonyl (C=O) groups is 1. The van der Waals surface area contributed by atoms with Crippen molar-refractivity contribution in [3.63, 3.8) is 0 Å². The molecule has 24 heavy (non-hydrogen) atoms. The lowest BCUT2D eigenvalue weighted by atomic mass is 10.1. The third kappa shape index (κ3) is 3.00. The van der Waals surface area contributed by atoms with Gasteiger partial charge in [0.1, 0.15) is 11.5 Å². The van der Waals surface area contributed by atoms with E-state index in [0.717, 1.165) is 5.56 Å². The predicted molar refractivity (Wildman–Crippen MR) is 87.7 cm³/mol. The Morgan fingerprint density at radius 1 is 1.29 bits per heavy atom. The first-order valence-corrected chi connectivity index (χ1v) is 7.52. The van der Waals surface area contributed by atoms with Crippen LogP contribution in [-0.2, 0) is 6.54 Å². The summed E-state index contributed by atoms with van der Waals surface area (Å²) >= 11 is 6.05. The lowest BCUT2D eigenvalue weighted by molar-refractivity contribution is 0.0691. The van der Waals surface area contributed by atoms with E-state index in [0.29, 0.717) is 11.3 Å². The van der Waals surface area contributed by atoms with E-state index in [-0.39, 0.29) is 22.8 Å². The van der Waals surface area contributed by atoms with Crippen LogP contribution >= 0.6 is 11.6 Å². The molecule has 2 aromatic carbocycles. The third-order valence-corrected chi connectivity index (χ3v) is 3.95. The molecule has 3 rings (SSSR count). The van der Waals surface area contributed by atoms with E-state index in [1.807, 2.05) is 25.1 Å². The Morgan fingerprint density at radius 3 is 2.71 bits per heavy atom. The fourth-order valence-electron chi connectivity index (χ4n) is 2.48. The van der Waals surface area contributed by atoms with Gasteiger partial charge in [-0.15, -0.1) is 5.10 Å². The maximum Gasteiger partial charge on any atom is 0.358 e. The second-order valence-corrected chi connectivity index (χ2v) is 5.73. The van der Waals surface area contributed by atoms with Gasteiger partial charge in [0, 0.05) is 16.1 Å². The van der Waals surface area contributed by atoms with Crippen LogP contribution in [0.4, 0.5) is 4.39 Å². The topological polar surface area (TPSA) is 68.0 Å². The molecule has 0 amide bonds. The lowest BCUT2D eigenvalue weighted by Crippen LogP contribution is -2.08. The molecule has 7 heteroatoms. The Balaban J connectivity index is 2.14. The number of halogens is 2. The molecule has 122 valence electrons. The number of hydrogen-bond donors (Lipinski definition) is 1. The quantitative estimate of drug-likeness (QED) is 0.781. The van der Waals surface area contributed by atoms with Crippen LogP contribution in [0.1, 0.15) is 21.6 Å². The van der Waals surface area contributed by atoms with Gasteiger partial charge in [0.05, 0.1) is 6.54 Å². The highest BCUT2D eigenvalue weighted by atomic mass is 35.5. The molecule has 0 aliphatic heterocycles. The van der Waals surface area contributed by atoms with E-state index in [2.05, 4.69) is 10.3 Å². The van der Waals surface area contributed by atoms with Crippen LogP contribution in [0.5, 0.6) is 0 Å². The zero-order valence-corrected chi connectivity index (χ0v) is 13.5. The third-order valence-electron chi connectivity index (χ3n) is 3.60. The van der Waals surface area contributed by atoms with Crippen LogP contribution < -0.4 is 0 Å².